The van der Waals surface area contributed by atoms with Crippen LogP contribution in [-0.4, -0.2) is 22.9 Å². The average Bonchev–Trinajstić information content (AvgIpc) is 2.82. The summed E-state index contributed by atoms with van der Waals surface area (Å²) < 4.78 is 6.42. The van der Waals surface area contributed by atoms with Crippen molar-refractivity contribution in [3.8, 4) is 0 Å². The molecule has 0 amide bonds. The SMILES string of the molecule is COC(=O)c1ccc(NCc2ccnn2C)c(N)c1. The van der Waals surface area contributed by atoms with Gasteiger partial charge in [-0.1, -0.05) is 0 Å². The van der Waals surface area contributed by atoms with Gasteiger partial charge in [-0.05, 0) is 24.3 Å². The largest absolute Gasteiger partial charge is 0.465 e. The molecule has 0 fully saturated rings. The Kier molecular flexibility index (Phi) is 3.70. The molecule has 19 heavy (non-hydrogen) atoms. The molecule has 0 saturated heterocycles. The number of anilines is 2. The second kappa shape index (κ2) is 5.43. The van der Waals surface area contributed by atoms with Crippen molar-refractivity contribution in [3.63, 3.8) is 0 Å². The van der Waals surface area contributed by atoms with Crippen molar-refractivity contribution < 1.29 is 9.53 Å². The number of carbonyl (C=O) groups excluding carboxylic acids is 1. The topological polar surface area (TPSA) is 82.2 Å². The zero-order valence-electron chi connectivity index (χ0n) is 10.9. The van der Waals surface area contributed by atoms with Crippen LogP contribution < -0.4 is 11.1 Å². The van der Waals surface area contributed by atoms with Crippen LogP contribution in [-0.2, 0) is 18.3 Å². The minimum Gasteiger partial charge on any atom is -0.465 e. The van der Waals surface area contributed by atoms with E-state index in [-0.39, 0.29) is 0 Å². The summed E-state index contributed by atoms with van der Waals surface area (Å²) in [4.78, 5) is 11.4. The van der Waals surface area contributed by atoms with Crippen molar-refractivity contribution >= 4 is 17.3 Å². The van der Waals surface area contributed by atoms with Gasteiger partial charge < -0.3 is 15.8 Å². The van der Waals surface area contributed by atoms with E-state index < -0.39 is 5.97 Å². The molecule has 3 N–H and O–H groups in total. The van der Waals surface area contributed by atoms with Crippen LogP contribution in [0.15, 0.2) is 30.5 Å². The Morgan fingerprint density at radius 2 is 2.26 bits per heavy atom. The molecule has 0 bridgehead atoms. The van der Waals surface area contributed by atoms with E-state index in [2.05, 4.69) is 15.2 Å². The Morgan fingerprint density at radius 1 is 1.47 bits per heavy atom. The Hall–Kier alpha value is -2.50. The van der Waals surface area contributed by atoms with Gasteiger partial charge in [-0.25, -0.2) is 4.79 Å². The molecule has 0 aliphatic rings. The van der Waals surface area contributed by atoms with Gasteiger partial charge >= 0.3 is 5.97 Å². The van der Waals surface area contributed by atoms with Crippen molar-refractivity contribution in [1.29, 1.82) is 0 Å². The third-order valence-electron chi connectivity index (χ3n) is 2.86. The first kappa shape index (κ1) is 12.9. The zero-order chi connectivity index (χ0) is 13.8. The molecule has 6 heteroatoms. The van der Waals surface area contributed by atoms with Crippen LogP contribution in [0.4, 0.5) is 11.4 Å². The lowest BCUT2D eigenvalue weighted by Gasteiger charge is -2.10. The van der Waals surface area contributed by atoms with E-state index in [0.29, 0.717) is 17.8 Å². The van der Waals surface area contributed by atoms with Gasteiger partial charge in [-0.15, -0.1) is 0 Å². The number of carbonyl (C=O) groups is 1. The van der Waals surface area contributed by atoms with Crippen molar-refractivity contribution in [2.45, 2.75) is 6.54 Å². The highest BCUT2D eigenvalue weighted by atomic mass is 16.5. The number of hydrogen-bond acceptors (Lipinski definition) is 5. The summed E-state index contributed by atoms with van der Waals surface area (Å²) in [7, 11) is 3.22. The minimum atomic E-state index is -0.398. The highest BCUT2D eigenvalue weighted by Gasteiger charge is 2.08. The fraction of sp³-hybridized carbons (Fsp3) is 0.231. The van der Waals surface area contributed by atoms with Crippen LogP contribution in [0.2, 0.25) is 0 Å². The van der Waals surface area contributed by atoms with Gasteiger partial charge in [-0.3, -0.25) is 4.68 Å². The van der Waals surface area contributed by atoms with E-state index >= 15 is 0 Å². The number of aryl methyl sites for hydroxylation is 1. The van der Waals surface area contributed by atoms with E-state index in [4.69, 9.17) is 5.73 Å². The van der Waals surface area contributed by atoms with Gasteiger partial charge in [0.15, 0.2) is 0 Å². The van der Waals surface area contributed by atoms with Gasteiger partial charge in [0.05, 0.1) is 36.3 Å². The summed E-state index contributed by atoms with van der Waals surface area (Å²) in [6.45, 7) is 0.609. The van der Waals surface area contributed by atoms with Crippen molar-refractivity contribution in [1.82, 2.24) is 9.78 Å². The van der Waals surface area contributed by atoms with Crippen molar-refractivity contribution in [3.05, 3.63) is 41.7 Å². The molecule has 100 valence electrons. The molecular formula is C13H16N4O2. The predicted molar refractivity (Wildman–Crippen MR) is 72.7 cm³/mol. The number of ether oxygens (including phenoxy) is 1. The highest BCUT2D eigenvalue weighted by Crippen LogP contribution is 2.21. The van der Waals surface area contributed by atoms with E-state index in [1.807, 2.05) is 13.1 Å². The van der Waals surface area contributed by atoms with Gasteiger partial charge in [-0.2, -0.15) is 5.10 Å². The Balaban J connectivity index is 2.09. The van der Waals surface area contributed by atoms with Crippen LogP contribution >= 0.6 is 0 Å². The summed E-state index contributed by atoms with van der Waals surface area (Å²) in [6.07, 6.45) is 1.74. The van der Waals surface area contributed by atoms with E-state index in [1.54, 1.807) is 29.1 Å². The predicted octanol–water partition coefficient (Wildman–Crippen LogP) is 1.40. The van der Waals surface area contributed by atoms with Gasteiger partial charge in [0, 0.05) is 13.2 Å². The lowest BCUT2D eigenvalue weighted by molar-refractivity contribution is 0.0601. The molecular weight excluding hydrogens is 244 g/mol. The number of nitrogens with two attached hydrogens (primary N) is 1. The van der Waals surface area contributed by atoms with E-state index in [0.717, 1.165) is 11.4 Å². The number of aromatic nitrogens is 2. The molecule has 2 aromatic rings. The Bertz CT molecular complexity index is 592. The fourth-order valence-corrected chi connectivity index (χ4v) is 1.73. The molecule has 0 aliphatic heterocycles. The number of benzene rings is 1. The zero-order valence-corrected chi connectivity index (χ0v) is 10.9. The lowest BCUT2D eigenvalue weighted by atomic mass is 10.1. The van der Waals surface area contributed by atoms with Crippen LogP contribution in [0.25, 0.3) is 0 Å². The first-order chi connectivity index (χ1) is 9.11. The maximum absolute atomic E-state index is 11.4. The summed E-state index contributed by atoms with van der Waals surface area (Å²) in [6, 6.07) is 6.95. The smallest absolute Gasteiger partial charge is 0.337 e. The highest BCUT2D eigenvalue weighted by molar-refractivity contribution is 5.91. The van der Waals surface area contributed by atoms with Crippen LogP contribution in [0.1, 0.15) is 16.1 Å². The molecule has 1 heterocycles. The monoisotopic (exact) mass is 260 g/mol. The molecule has 0 atom stereocenters. The molecule has 1 aromatic heterocycles. The van der Waals surface area contributed by atoms with Crippen LogP contribution in [0.5, 0.6) is 0 Å². The average molecular weight is 260 g/mol. The molecule has 0 spiro atoms. The first-order valence-corrected chi connectivity index (χ1v) is 5.80. The fourth-order valence-electron chi connectivity index (χ4n) is 1.73. The Labute approximate surface area is 111 Å². The number of hydrogen-bond donors (Lipinski definition) is 2. The number of methoxy groups -OCH3 is 1. The third-order valence-corrected chi connectivity index (χ3v) is 2.86. The quantitative estimate of drug-likeness (QED) is 0.641. The third kappa shape index (κ3) is 2.85. The number of nitrogens with one attached hydrogen (secondary N) is 1. The number of nitrogens with zero attached hydrogens (tertiary/aromatic N) is 2. The number of esters is 1. The number of nitrogen functional groups attached to an aromatic ring is 1. The molecule has 0 radical (unpaired) electrons. The molecule has 0 unspecified atom stereocenters. The summed E-state index contributed by atoms with van der Waals surface area (Å²) in [5.41, 5.74) is 8.65. The standard InChI is InChI=1S/C13H16N4O2/c1-17-10(5-6-16-17)8-15-12-4-3-9(7-11(12)14)13(18)19-2/h3-7,15H,8,14H2,1-2H3. The van der Waals surface area contributed by atoms with Crippen molar-refractivity contribution in [2.75, 3.05) is 18.2 Å². The summed E-state index contributed by atoms with van der Waals surface area (Å²) in [5.74, 6) is -0.398. The Morgan fingerprint density at radius 3 is 2.84 bits per heavy atom. The van der Waals surface area contributed by atoms with E-state index in [9.17, 15) is 4.79 Å². The minimum absolute atomic E-state index is 0.398. The van der Waals surface area contributed by atoms with Gasteiger partial charge in [0.1, 0.15) is 0 Å². The van der Waals surface area contributed by atoms with Gasteiger partial charge in [0.25, 0.3) is 0 Å². The second-order valence-corrected chi connectivity index (χ2v) is 4.09. The number of rotatable bonds is 4. The molecule has 0 aliphatic carbocycles. The van der Waals surface area contributed by atoms with E-state index in [1.165, 1.54) is 7.11 Å². The van der Waals surface area contributed by atoms with Crippen LogP contribution in [0, 0.1) is 0 Å². The molecule has 2 rings (SSSR count). The molecule has 0 saturated carbocycles. The molecule has 6 nitrogen and oxygen atoms in total. The lowest BCUT2D eigenvalue weighted by Crippen LogP contribution is -2.08. The summed E-state index contributed by atoms with van der Waals surface area (Å²) in [5, 5.41) is 7.29. The maximum atomic E-state index is 11.4. The molecule has 1 aromatic carbocycles. The first-order valence-electron chi connectivity index (χ1n) is 5.80. The summed E-state index contributed by atoms with van der Waals surface area (Å²) >= 11 is 0. The second-order valence-electron chi connectivity index (χ2n) is 4.09. The maximum Gasteiger partial charge on any atom is 0.337 e. The van der Waals surface area contributed by atoms with Crippen molar-refractivity contribution in [2.24, 2.45) is 7.05 Å². The van der Waals surface area contributed by atoms with Gasteiger partial charge in [0.2, 0.25) is 0 Å². The normalized spacial score (nSPS) is 10.2. The van der Waals surface area contributed by atoms with Crippen LogP contribution in [0.3, 0.4) is 0 Å².